The van der Waals surface area contributed by atoms with Crippen molar-refractivity contribution in [2.75, 3.05) is 53.1 Å². The van der Waals surface area contributed by atoms with E-state index in [0.29, 0.717) is 31.1 Å². The first kappa shape index (κ1) is 43.7. The second-order valence-corrected chi connectivity index (χ2v) is 12.6. The van der Waals surface area contributed by atoms with Gasteiger partial charge in [-0.05, 0) is 45.1 Å². The molecule has 41 heavy (non-hydrogen) atoms. The van der Waals surface area contributed by atoms with Gasteiger partial charge >= 0.3 is 31.1 Å². The van der Waals surface area contributed by atoms with Crippen molar-refractivity contribution in [1.82, 2.24) is 10.2 Å². The van der Waals surface area contributed by atoms with Crippen LogP contribution in [-0.4, -0.2) is 69.8 Å². The van der Waals surface area contributed by atoms with Crippen LogP contribution in [0.1, 0.15) is 137 Å². The van der Waals surface area contributed by atoms with Gasteiger partial charge in [0.05, 0.1) is 13.2 Å². The number of ether oxygens (including phenoxy) is 2. The zero-order valence-electron chi connectivity index (χ0n) is 28.4. The smallest absolute Gasteiger partial charge is 0.412 e. The number of carbonyl (C=O) groups excluding carboxylic acids is 1. The molecule has 2 unspecified atom stereocenters. The zero-order chi connectivity index (χ0) is 29.9. The van der Waals surface area contributed by atoms with E-state index < -0.39 is 0 Å². The zero-order valence-corrected chi connectivity index (χ0v) is 32.5. The quantitative estimate of drug-likeness (QED) is 0.105. The third-order valence-corrected chi connectivity index (χ3v) is 8.19. The number of Topliss-reactive ketones (excluding diaryl/α,β-unsaturated/α-hetero) is 1. The van der Waals surface area contributed by atoms with Crippen LogP contribution in [0.4, 0.5) is 0 Å². The van der Waals surface area contributed by atoms with E-state index in [2.05, 4.69) is 58.3 Å². The Bertz CT molecular complexity index is 552. The van der Waals surface area contributed by atoms with Gasteiger partial charge in [-0.3, -0.25) is 9.69 Å². The molecule has 0 saturated heterocycles. The molecule has 0 aromatic carbocycles. The summed E-state index contributed by atoms with van der Waals surface area (Å²) in [5.41, 5.74) is 0.504. The van der Waals surface area contributed by atoms with Gasteiger partial charge in [-0.25, -0.2) is 0 Å². The van der Waals surface area contributed by atoms with Gasteiger partial charge in [0.15, 0.2) is 0 Å². The Labute approximate surface area is 281 Å². The van der Waals surface area contributed by atoms with Gasteiger partial charge in [-0.1, -0.05) is 98.0 Å². The van der Waals surface area contributed by atoms with E-state index in [4.69, 9.17) is 9.47 Å². The summed E-state index contributed by atoms with van der Waals surface area (Å²) in [4.78, 5) is 13.3. The largest absolute Gasteiger partial charge is 2.00 e. The molecule has 0 radical (unpaired) electrons. The Kier molecular flexibility index (Phi) is 32.6. The van der Waals surface area contributed by atoms with Crippen LogP contribution in [0, 0.1) is 55.8 Å². The summed E-state index contributed by atoms with van der Waals surface area (Å²) in [6, 6.07) is 0.605. The summed E-state index contributed by atoms with van der Waals surface area (Å²) in [7, 11) is 2.11. The van der Waals surface area contributed by atoms with Crippen LogP contribution in [0.15, 0.2) is 0 Å². The van der Waals surface area contributed by atoms with Crippen LogP contribution in [-0.2, 0) is 14.3 Å². The number of unbranched alkanes of at least 4 members (excludes halogenated alkanes) is 2. The normalized spacial score (nSPS) is 18.8. The molecule has 0 aliphatic heterocycles. The van der Waals surface area contributed by atoms with Crippen molar-refractivity contribution in [2.24, 2.45) is 11.3 Å². The third kappa shape index (κ3) is 26.7. The molecule has 0 aromatic heterocycles. The maximum atomic E-state index is 10.6. The van der Waals surface area contributed by atoms with Crippen molar-refractivity contribution < 1.29 is 45.4 Å². The minimum atomic E-state index is 0. The van der Waals surface area contributed by atoms with Gasteiger partial charge in [-0.2, -0.15) is 12.8 Å². The first-order valence-electron chi connectivity index (χ1n) is 17.0. The molecule has 5 nitrogen and oxygen atoms in total. The van der Waals surface area contributed by atoms with E-state index in [1.807, 2.05) is 0 Å². The SMILES string of the molecule is CC(=O)CCOCCC1C[CH-]CCC1.CCC.[CH2-]COCCN(CC(CCCCC)NC)CC1(C)CCCCC1.[U+2]. The van der Waals surface area contributed by atoms with Gasteiger partial charge < -0.3 is 28.1 Å². The summed E-state index contributed by atoms with van der Waals surface area (Å²) in [6.45, 7) is 20.6. The molecule has 2 aliphatic carbocycles. The number of carbonyl (C=O) groups is 1. The minimum Gasteiger partial charge on any atom is -0.412 e. The number of rotatable bonds is 19. The van der Waals surface area contributed by atoms with Crippen molar-refractivity contribution in [3.63, 3.8) is 0 Å². The van der Waals surface area contributed by atoms with E-state index in [1.165, 1.54) is 96.4 Å². The fraction of sp³-hybridized carbons (Fsp3) is 0.914. The molecular weight excluding hydrogens is 734 g/mol. The number of nitrogens with zero attached hydrogens (tertiary/aromatic N) is 1. The van der Waals surface area contributed by atoms with E-state index in [0.717, 1.165) is 38.6 Å². The van der Waals surface area contributed by atoms with Crippen LogP contribution in [0.2, 0.25) is 0 Å². The monoisotopic (exact) mass is 805 g/mol. The summed E-state index contributed by atoms with van der Waals surface area (Å²) >= 11 is 0. The molecular formula is C35H70N2O3U. The van der Waals surface area contributed by atoms with Crippen molar-refractivity contribution in [3.8, 4) is 0 Å². The van der Waals surface area contributed by atoms with Crippen LogP contribution in [0.25, 0.3) is 0 Å². The topological polar surface area (TPSA) is 50.8 Å². The van der Waals surface area contributed by atoms with Crippen molar-refractivity contribution in [1.29, 1.82) is 0 Å². The molecule has 2 atom stereocenters. The summed E-state index contributed by atoms with van der Waals surface area (Å²) in [6.07, 6.45) is 22.9. The predicted molar refractivity (Wildman–Crippen MR) is 174 cm³/mol. The minimum absolute atomic E-state index is 0. The van der Waals surface area contributed by atoms with Gasteiger partial charge in [0, 0.05) is 38.7 Å². The number of ketones is 1. The van der Waals surface area contributed by atoms with Gasteiger partial charge in [0.2, 0.25) is 0 Å². The number of hydrogen-bond donors (Lipinski definition) is 1. The molecule has 0 aromatic rings. The molecule has 2 aliphatic rings. The molecule has 0 amide bonds. The van der Waals surface area contributed by atoms with E-state index in [-0.39, 0.29) is 36.9 Å². The average molecular weight is 805 g/mol. The van der Waals surface area contributed by atoms with Gasteiger partial charge in [-0.15, -0.1) is 0 Å². The predicted octanol–water partition coefficient (Wildman–Crippen LogP) is 8.46. The summed E-state index contributed by atoms with van der Waals surface area (Å²) in [5.74, 6) is 1.05. The Balaban J connectivity index is 0. The first-order chi connectivity index (χ1) is 19.3. The van der Waals surface area contributed by atoms with Crippen molar-refractivity contribution >= 4 is 5.78 Å². The Hall–Kier alpha value is 0.562. The van der Waals surface area contributed by atoms with Crippen molar-refractivity contribution in [2.45, 2.75) is 143 Å². The Morgan fingerprint density at radius 2 is 1.78 bits per heavy atom. The molecule has 242 valence electrons. The van der Waals surface area contributed by atoms with Crippen LogP contribution in [0.3, 0.4) is 0 Å². The third-order valence-electron chi connectivity index (χ3n) is 8.19. The Morgan fingerprint density at radius 3 is 2.34 bits per heavy atom. The fourth-order valence-corrected chi connectivity index (χ4v) is 5.77. The molecule has 2 fully saturated rings. The fourth-order valence-electron chi connectivity index (χ4n) is 5.77. The number of hydrogen-bond acceptors (Lipinski definition) is 5. The van der Waals surface area contributed by atoms with Crippen LogP contribution < -0.4 is 5.32 Å². The molecule has 1 N–H and O–H groups in total. The first-order valence-corrected chi connectivity index (χ1v) is 17.0. The second-order valence-electron chi connectivity index (χ2n) is 12.6. The maximum absolute atomic E-state index is 10.6. The van der Waals surface area contributed by atoms with Gasteiger partial charge in [0.25, 0.3) is 0 Å². The van der Waals surface area contributed by atoms with Gasteiger partial charge in [0.1, 0.15) is 5.78 Å². The molecule has 6 heteroatoms. The molecule has 0 bridgehead atoms. The second kappa shape index (κ2) is 30.6. The number of likely N-dealkylation sites (N-methyl/N-ethyl adjacent to an activating group) is 1. The summed E-state index contributed by atoms with van der Waals surface area (Å²) < 4.78 is 10.9. The van der Waals surface area contributed by atoms with E-state index in [1.54, 1.807) is 6.92 Å². The Morgan fingerprint density at radius 1 is 1.07 bits per heavy atom. The standard InChI is InChI=1S/C20H41N2O.C12H21O2.C3H8.U/c1-5-7-9-12-19(21-4)17-22(15-16-23-6-2)18-20(3)13-10-8-11-14-20;1-11(13)7-9-14-10-8-12-5-3-2-4-6-12;1-3-2;/h19,21H,2,5-18H2,1,3-4H3;3,12H,2,4-10H2,1H3;3H2,1-2H3;/q2*-1;;+2. The van der Waals surface area contributed by atoms with Crippen molar-refractivity contribution in [3.05, 3.63) is 13.3 Å². The molecule has 2 saturated carbocycles. The molecule has 0 spiro atoms. The molecule has 0 heterocycles. The van der Waals surface area contributed by atoms with E-state index in [9.17, 15) is 4.79 Å². The maximum Gasteiger partial charge on any atom is 2.00 e. The van der Waals surface area contributed by atoms with E-state index >= 15 is 0 Å². The summed E-state index contributed by atoms with van der Waals surface area (Å²) in [5, 5.41) is 3.54. The molecule has 2 rings (SSSR count). The van der Waals surface area contributed by atoms with Crippen LogP contribution in [0.5, 0.6) is 0 Å². The van der Waals surface area contributed by atoms with Crippen LogP contribution >= 0.6 is 0 Å². The number of nitrogens with one attached hydrogen (secondary N) is 1. The average Bonchev–Trinajstić information content (AvgIpc) is 2.94.